The van der Waals surface area contributed by atoms with E-state index in [1.54, 1.807) is 11.9 Å². The Labute approximate surface area is 254 Å². The fourth-order valence-electron chi connectivity index (χ4n) is 5.84. The largest absolute Gasteiger partial charge is 0.381 e. The number of nitrogens with one attached hydrogen (secondary N) is 2. The van der Waals surface area contributed by atoms with Crippen molar-refractivity contribution in [1.82, 2.24) is 9.62 Å². The molecule has 0 atom stereocenters. The van der Waals surface area contributed by atoms with Crippen molar-refractivity contribution in [1.29, 1.82) is 0 Å². The summed E-state index contributed by atoms with van der Waals surface area (Å²) in [4.78, 5) is 29.7. The lowest BCUT2D eigenvalue weighted by atomic mass is 9.95. The van der Waals surface area contributed by atoms with E-state index in [4.69, 9.17) is 4.74 Å². The third-order valence-electron chi connectivity index (χ3n) is 8.18. The Morgan fingerprint density at radius 2 is 1.79 bits per heavy atom. The van der Waals surface area contributed by atoms with Crippen LogP contribution in [0.4, 0.5) is 11.4 Å². The van der Waals surface area contributed by atoms with Gasteiger partial charge in [-0.2, -0.15) is 0 Å². The molecule has 228 valence electrons. The Kier molecular flexibility index (Phi) is 9.92. The van der Waals surface area contributed by atoms with Gasteiger partial charge in [0.1, 0.15) is 0 Å². The van der Waals surface area contributed by atoms with Crippen molar-refractivity contribution < 1.29 is 22.7 Å². The van der Waals surface area contributed by atoms with Crippen LogP contribution >= 0.6 is 0 Å². The molecule has 5 rings (SSSR count). The molecular formula is C33H40N4O5S. The highest BCUT2D eigenvalue weighted by Crippen LogP contribution is 2.31. The summed E-state index contributed by atoms with van der Waals surface area (Å²) in [5, 5.41) is 3.02. The highest BCUT2D eigenvalue weighted by atomic mass is 32.2. The summed E-state index contributed by atoms with van der Waals surface area (Å²) in [7, 11) is -1.55. The smallest absolute Gasteiger partial charge is 0.255 e. The molecule has 3 aromatic carbocycles. The van der Waals surface area contributed by atoms with Crippen molar-refractivity contribution >= 4 is 33.2 Å². The average Bonchev–Trinajstić information content (AvgIpc) is 2.99. The average molecular weight is 605 g/mol. The Morgan fingerprint density at radius 3 is 2.53 bits per heavy atom. The molecule has 3 aromatic rings. The highest BCUT2D eigenvalue weighted by molar-refractivity contribution is 7.88. The number of sulfonamides is 1. The minimum absolute atomic E-state index is 0.0640. The summed E-state index contributed by atoms with van der Waals surface area (Å²) in [5.41, 5.74) is 6.13. The Bertz CT molecular complexity index is 1550. The first-order chi connectivity index (χ1) is 20.7. The zero-order valence-electron chi connectivity index (χ0n) is 24.8. The van der Waals surface area contributed by atoms with Gasteiger partial charge in [0.05, 0.1) is 6.26 Å². The Balaban J connectivity index is 1.41. The lowest BCUT2D eigenvalue weighted by Gasteiger charge is -2.30. The molecule has 1 saturated heterocycles. The van der Waals surface area contributed by atoms with Gasteiger partial charge < -0.3 is 15.0 Å². The van der Waals surface area contributed by atoms with Crippen LogP contribution in [-0.4, -0.2) is 71.3 Å². The molecule has 2 aliphatic heterocycles. The van der Waals surface area contributed by atoms with Crippen molar-refractivity contribution in [3.63, 3.8) is 0 Å². The van der Waals surface area contributed by atoms with Gasteiger partial charge in [-0.3, -0.25) is 14.5 Å². The van der Waals surface area contributed by atoms with E-state index in [0.29, 0.717) is 49.6 Å². The minimum atomic E-state index is -3.31. The van der Waals surface area contributed by atoms with Gasteiger partial charge >= 0.3 is 0 Å². The van der Waals surface area contributed by atoms with Crippen LogP contribution in [-0.2, 0) is 32.5 Å². The normalized spacial score (nSPS) is 15.9. The molecule has 43 heavy (non-hydrogen) atoms. The predicted octanol–water partition coefficient (Wildman–Crippen LogP) is 4.29. The zero-order valence-corrected chi connectivity index (χ0v) is 25.7. The third-order valence-corrected chi connectivity index (χ3v) is 8.91. The number of hydrogen-bond acceptors (Lipinski definition) is 6. The summed E-state index contributed by atoms with van der Waals surface area (Å²) in [6.45, 7) is 3.67. The summed E-state index contributed by atoms with van der Waals surface area (Å²) in [6.07, 6.45) is 4.28. The molecule has 0 radical (unpaired) electrons. The molecule has 0 aliphatic carbocycles. The van der Waals surface area contributed by atoms with E-state index < -0.39 is 10.0 Å². The second-order valence-electron chi connectivity index (χ2n) is 11.4. The van der Waals surface area contributed by atoms with E-state index in [2.05, 4.69) is 27.1 Å². The van der Waals surface area contributed by atoms with Crippen LogP contribution < -0.4 is 14.9 Å². The number of hydrogen-bond donors (Lipinski definition) is 2. The maximum Gasteiger partial charge on any atom is 0.255 e. The number of amides is 2. The van der Waals surface area contributed by atoms with Gasteiger partial charge in [-0.25, -0.2) is 13.1 Å². The number of anilines is 2. The Hall–Kier alpha value is -3.57. The molecule has 2 aliphatic rings. The fourth-order valence-corrected chi connectivity index (χ4v) is 6.30. The van der Waals surface area contributed by atoms with Crippen LogP contribution in [0.15, 0.2) is 66.7 Å². The maximum atomic E-state index is 13.5. The SMILES string of the molecule is CN1C(=O)CCc2ccc(NC(=O)c3ccc(-c4ccccc4)c(CN(CCNS(C)(=O)=O)CC4CCOCC4)c3)cc21. The standard InChI is InChI=1S/C33H40N4O5S/c1-36-31-21-29(11-8-26(31)10-13-32(36)38)35-33(39)27-9-12-30(25-6-4-3-5-7-25)28(20-27)23-37(17-16-34-43(2,40)41)22-24-14-18-42-19-15-24/h3-9,11-12,20-21,24,34H,10,13-19,22-23H2,1-2H3,(H,35,39). The van der Waals surface area contributed by atoms with Crippen LogP contribution in [0.2, 0.25) is 0 Å². The number of carbonyl (C=O) groups excluding carboxylic acids is 2. The number of carbonyl (C=O) groups is 2. The number of benzene rings is 3. The van der Waals surface area contributed by atoms with Crippen molar-refractivity contribution in [2.45, 2.75) is 32.2 Å². The van der Waals surface area contributed by atoms with Gasteiger partial charge in [0, 0.05) is 69.8 Å². The molecule has 0 aromatic heterocycles. The molecule has 0 bridgehead atoms. The number of rotatable bonds is 11. The second kappa shape index (κ2) is 13.8. The number of aryl methyl sites for hydroxylation is 1. The first-order valence-corrected chi connectivity index (χ1v) is 16.7. The first-order valence-electron chi connectivity index (χ1n) is 14.8. The molecule has 2 heterocycles. The van der Waals surface area contributed by atoms with E-state index in [1.807, 2.05) is 54.6 Å². The van der Waals surface area contributed by atoms with Crippen LogP contribution in [0.25, 0.3) is 11.1 Å². The molecule has 0 unspecified atom stereocenters. The summed E-state index contributed by atoms with van der Waals surface area (Å²) < 4.78 is 31.7. The lowest BCUT2D eigenvalue weighted by Crippen LogP contribution is -2.38. The quantitative estimate of drug-likeness (QED) is 0.338. The molecule has 9 nitrogen and oxygen atoms in total. The Morgan fingerprint density at radius 1 is 1.02 bits per heavy atom. The fraction of sp³-hybridized carbons (Fsp3) is 0.394. The molecule has 0 saturated carbocycles. The molecule has 1 fully saturated rings. The van der Waals surface area contributed by atoms with E-state index in [0.717, 1.165) is 60.5 Å². The molecular weight excluding hydrogens is 564 g/mol. The number of fused-ring (bicyclic) bond motifs is 1. The minimum Gasteiger partial charge on any atom is -0.381 e. The van der Waals surface area contributed by atoms with Crippen LogP contribution in [0.5, 0.6) is 0 Å². The molecule has 2 N–H and O–H groups in total. The van der Waals surface area contributed by atoms with Gasteiger partial charge in [0.15, 0.2) is 0 Å². The van der Waals surface area contributed by atoms with E-state index >= 15 is 0 Å². The van der Waals surface area contributed by atoms with Gasteiger partial charge in [0.25, 0.3) is 5.91 Å². The van der Waals surface area contributed by atoms with Crippen molar-refractivity contribution in [3.05, 3.63) is 83.4 Å². The topological polar surface area (TPSA) is 108 Å². The van der Waals surface area contributed by atoms with Gasteiger partial charge in [-0.15, -0.1) is 0 Å². The zero-order chi connectivity index (χ0) is 30.4. The van der Waals surface area contributed by atoms with E-state index in [-0.39, 0.29) is 11.8 Å². The summed E-state index contributed by atoms with van der Waals surface area (Å²) in [5.74, 6) is 0.280. The van der Waals surface area contributed by atoms with Crippen molar-refractivity contribution in [2.75, 3.05) is 56.4 Å². The number of nitrogens with zero attached hydrogens (tertiary/aromatic N) is 2. The van der Waals surface area contributed by atoms with Crippen LogP contribution in [0.1, 0.15) is 40.7 Å². The molecule has 10 heteroatoms. The number of ether oxygens (including phenoxy) is 1. The van der Waals surface area contributed by atoms with Crippen LogP contribution in [0.3, 0.4) is 0 Å². The monoisotopic (exact) mass is 604 g/mol. The van der Waals surface area contributed by atoms with Gasteiger partial charge in [-0.05, 0) is 71.7 Å². The van der Waals surface area contributed by atoms with E-state index in [9.17, 15) is 18.0 Å². The summed E-state index contributed by atoms with van der Waals surface area (Å²) >= 11 is 0. The van der Waals surface area contributed by atoms with E-state index in [1.165, 1.54) is 6.26 Å². The highest BCUT2D eigenvalue weighted by Gasteiger charge is 2.23. The summed E-state index contributed by atoms with van der Waals surface area (Å²) in [6, 6.07) is 21.5. The van der Waals surface area contributed by atoms with Crippen LogP contribution in [0, 0.1) is 5.92 Å². The lowest BCUT2D eigenvalue weighted by molar-refractivity contribution is -0.118. The second-order valence-corrected chi connectivity index (χ2v) is 13.3. The molecule has 0 spiro atoms. The maximum absolute atomic E-state index is 13.5. The van der Waals surface area contributed by atoms with Crippen molar-refractivity contribution in [3.8, 4) is 11.1 Å². The van der Waals surface area contributed by atoms with Crippen molar-refractivity contribution in [2.24, 2.45) is 5.92 Å². The molecule has 2 amide bonds. The van der Waals surface area contributed by atoms with Gasteiger partial charge in [-0.1, -0.05) is 42.5 Å². The first kappa shape index (κ1) is 30.9. The van der Waals surface area contributed by atoms with Gasteiger partial charge in [0.2, 0.25) is 15.9 Å². The predicted molar refractivity (Wildman–Crippen MR) is 170 cm³/mol. The third kappa shape index (κ3) is 8.29.